The molecule has 4 heteroatoms. The highest BCUT2D eigenvalue weighted by Crippen LogP contribution is 2.44. The Labute approximate surface area is 518 Å². The summed E-state index contributed by atoms with van der Waals surface area (Å²) < 4.78 is 0. The van der Waals surface area contributed by atoms with Gasteiger partial charge in [0, 0.05) is 46.0 Å². The van der Waals surface area contributed by atoms with Crippen molar-refractivity contribution in [2.24, 2.45) is 5.92 Å². The van der Waals surface area contributed by atoms with Gasteiger partial charge in [-0.05, 0) is 225 Å². The third-order valence-corrected chi connectivity index (χ3v) is 14.5. The summed E-state index contributed by atoms with van der Waals surface area (Å²) in [5.41, 5.74) is 18.9. The van der Waals surface area contributed by atoms with Crippen LogP contribution < -0.4 is 9.80 Å². The second kappa shape index (κ2) is 36.8. The molecule has 0 aromatic heterocycles. The summed E-state index contributed by atoms with van der Waals surface area (Å²) in [7, 11) is 0. The highest BCUT2D eigenvalue weighted by molar-refractivity contribution is 6.03. The zero-order valence-corrected chi connectivity index (χ0v) is 53.6. The van der Waals surface area contributed by atoms with Crippen molar-refractivity contribution in [3.8, 4) is 12.1 Å². The van der Waals surface area contributed by atoms with E-state index in [0.29, 0.717) is 11.1 Å². The van der Waals surface area contributed by atoms with E-state index in [9.17, 15) is 10.5 Å². The van der Waals surface area contributed by atoms with Crippen molar-refractivity contribution in [2.75, 3.05) is 9.80 Å². The molecule has 0 saturated carbocycles. The van der Waals surface area contributed by atoms with Gasteiger partial charge in [-0.1, -0.05) is 207 Å². The van der Waals surface area contributed by atoms with Crippen LogP contribution in [0.1, 0.15) is 125 Å². The molecule has 0 fully saturated rings. The van der Waals surface area contributed by atoms with Gasteiger partial charge in [0.05, 0.1) is 11.1 Å². The molecule has 0 N–H and O–H groups in total. The fourth-order valence-electron chi connectivity index (χ4n) is 10.7. The summed E-state index contributed by atoms with van der Waals surface area (Å²) in [4.78, 5) is 4.39. The lowest BCUT2D eigenvalue weighted by Gasteiger charge is -2.32. The number of nitriles is 2. The third kappa shape index (κ3) is 17.7. The first-order valence-corrected chi connectivity index (χ1v) is 29.8. The van der Waals surface area contributed by atoms with Gasteiger partial charge in [-0.2, -0.15) is 10.5 Å². The zero-order valence-electron chi connectivity index (χ0n) is 53.6. The average Bonchev–Trinajstić information content (AvgIpc) is 3.59. The monoisotopic (exact) mass is 1130 g/mol. The van der Waals surface area contributed by atoms with Gasteiger partial charge < -0.3 is 9.80 Å². The maximum Gasteiger partial charge on any atom is 0.101 e. The minimum atomic E-state index is -0.0215. The summed E-state index contributed by atoms with van der Waals surface area (Å²) in [6.45, 7) is 37.2. The molecule has 2 atom stereocenters. The molecule has 4 rings (SSSR count). The average molecular weight is 1130 g/mol. The van der Waals surface area contributed by atoms with Crippen molar-refractivity contribution >= 4 is 39.5 Å². The lowest BCUT2D eigenvalue weighted by atomic mass is 9.72. The Morgan fingerprint density at radius 3 is 1.26 bits per heavy atom. The normalized spacial score (nSPS) is 15.2. The van der Waals surface area contributed by atoms with Crippen LogP contribution in [0.25, 0.3) is 16.7 Å². The van der Waals surface area contributed by atoms with E-state index in [1.54, 1.807) is 6.08 Å². The molecular weight excluding hydrogens is 1040 g/mol. The Balaban J connectivity index is 1.91. The molecule has 438 valence electrons. The number of allylic oxidation sites excluding steroid dienone is 36. The van der Waals surface area contributed by atoms with Crippen molar-refractivity contribution < 1.29 is 0 Å². The largest absolute Gasteiger partial charge is 0.311 e. The second-order valence-corrected chi connectivity index (χ2v) is 20.1. The maximum atomic E-state index is 10.9. The van der Waals surface area contributed by atoms with Crippen LogP contribution in [0.15, 0.2) is 319 Å². The van der Waals surface area contributed by atoms with E-state index < -0.39 is 0 Å². The SMILES string of the molecule is C=C/C=C(\C=C/C)C(c1ccc(N(C(/C=C\C)=C/C)c2ccc(/C(C#N)=C(\C#N)c3ccc(N(C(/C=C\C)=C/C=C)c4ccc(C(=C(C(\C)=C\C=C/C)/C(/C=C\C)=C/C)/C(/C=C\C)=C/C)cc4)cc3)cc2)cc1)C(/C(C)=C/C=C\C)C(/C=C\C)=C/C. The molecule has 0 heterocycles. The van der Waals surface area contributed by atoms with Crippen molar-refractivity contribution in [1.82, 2.24) is 0 Å². The number of hydrogen-bond donors (Lipinski definition) is 0. The van der Waals surface area contributed by atoms with Crippen LogP contribution in [0.2, 0.25) is 0 Å². The minimum Gasteiger partial charge on any atom is -0.311 e. The van der Waals surface area contributed by atoms with Gasteiger partial charge >= 0.3 is 0 Å². The summed E-state index contributed by atoms with van der Waals surface area (Å²) >= 11 is 0. The Morgan fingerprint density at radius 1 is 0.419 bits per heavy atom. The van der Waals surface area contributed by atoms with E-state index in [-0.39, 0.29) is 23.0 Å². The van der Waals surface area contributed by atoms with Gasteiger partial charge in [-0.15, -0.1) is 0 Å². The van der Waals surface area contributed by atoms with Crippen LogP contribution in [-0.2, 0) is 0 Å². The standard InChI is InChI=1S/C82H90N4/c1-17-31-41-61(15)79(63(27-11)33-19-3)81(65(29-13)35-21-5)69-47-57-76(58-48-69)86(72(39-25-9)40-26-10)75-53-45-67(46-54-75)78(60-84)77(59-83)66-43-51-73(52-44-66)85(71(30-14)38-24-8)74-55-49-70(50-56-74)82(68(36-22-6)37-23-7)80(62(16)42-32-18-2)64(28-12)34-20-4/h17-58,80,82H,6,9H2,1-5,7-8,10-16H3/b31-17-,32-18-,33-19-,34-20-,35-21-,37-23-,38-24-,40-26-,61-41+,62-42+,63-27+,64-28+,65-29+,68-36+,71-30+,72-39+,78-77+,81-79+. The molecule has 0 spiro atoms. The van der Waals surface area contributed by atoms with Crippen molar-refractivity contribution in [2.45, 2.75) is 103 Å². The lowest BCUT2D eigenvalue weighted by molar-refractivity contribution is 0.626. The molecule has 86 heavy (non-hydrogen) atoms. The van der Waals surface area contributed by atoms with E-state index >= 15 is 0 Å². The van der Waals surface area contributed by atoms with E-state index in [1.165, 1.54) is 16.7 Å². The third-order valence-electron chi connectivity index (χ3n) is 14.5. The van der Waals surface area contributed by atoms with Gasteiger partial charge in [0.1, 0.15) is 12.1 Å². The number of benzene rings is 4. The predicted octanol–water partition coefficient (Wildman–Crippen LogP) is 23.8. The van der Waals surface area contributed by atoms with Crippen LogP contribution in [-0.4, -0.2) is 0 Å². The molecule has 0 bridgehead atoms. The molecule has 4 nitrogen and oxygen atoms in total. The predicted molar refractivity (Wildman–Crippen MR) is 379 cm³/mol. The first-order chi connectivity index (χ1) is 41.9. The summed E-state index contributed by atoms with van der Waals surface area (Å²) in [6.07, 6.45) is 54.5. The maximum absolute atomic E-state index is 10.9. The highest BCUT2D eigenvalue weighted by atomic mass is 15.2. The number of anilines is 4. The van der Waals surface area contributed by atoms with Crippen LogP contribution in [0.3, 0.4) is 0 Å². The molecule has 0 amide bonds. The van der Waals surface area contributed by atoms with E-state index in [2.05, 4.69) is 274 Å². The first kappa shape index (κ1) is 68.8. The second-order valence-electron chi connectivity index (χ2n) is 20.1. The number of rotatable bonds is 27. The Bertz CT molecular complexity index is 3620. The summed E-state index contributed by atoms with van der Waals surface area (Å²) in [5.74, 6) is 0.0238. The van der Waals surface area contributed by atoms with E-state index in [1.807, 2.05) is 107 Å². The molecular formula is C82H90N4. The van der Waals surface area contributed by atoms with Crippen LogP contribution in [0.5, 0.6) is 0 Å². The Morgan fingerprint density at radius 2 is 0.837 bits per heavy atom. The van der Waals surface area contributed by atoms with Gasteiger partial charge in [0.15, 0.2) is 0 Å². The highest BCUT2D eigenvalue weighted by Gasteiger charge is 2.30. The number of hydrogen-bond acceptors (Lipinski definition) is 4. The fourth-order valence-corrected chi connectivity index (χ4v) is 10.7. The summed E-state index contributed by atoms with van der Waals surface area (Å²) in [5, 5.41) is 21.8. The van der Waals surface area contributed by atoms with Gasteiger partial charge in [-0.25, -0.2) is 0 Å². The zero-order chi connectivity index (χ0) is 63.0. The fraction of sp³-hybridized carbons (Fsp3) is 0.195. The topological polar surface area (TPSA) is 54.1 Å². The van der Waals surface area contributed by atoms with Gasteiger partial charge in [-0.3, -0.25) is 0 Å². The molecule has 0 saturated heterocycles. The molecule has 2 unspecified atom stereocenters. The van der Waals surface area contributed by atoms with Crippen LogP contribution in [0, 0.1) is 28.6 Å². The molecule has 0 aliphatic rings. The first-order valence-electron chi connectivity index (χ1n) is 29.8. The smallest absolute Gasteiger partial charge is 0.101 e. The summed E-state index contributed by atoms with van der Waals surface area (Å²) in [6, 6.07) is 38.1. The van der Waals surface area contributed by atoms with E-state index in [0.717, 1.165) is 73.1 Å². The number of nitrogens with zero attached hydrogens (tertiary/aromatic N) is 4. The minimum absolute atomic E-state index is 0.0215. The molecule has 4 aromatic rings. The van der Waals surface area contributed by atoms with Crippen molar-refractivity contribution in [1.29, 1.82) is 10.5 Å². The molecule has 4 aromatic carbocycles. The van der Waals surface area contributed by atoms with Crippen molar-refractivity contribution in [3.05, 3.63) is 341 Å². The molecule has 0 aliphatic heterocycles. The quantitative estimate of drug-likeness (QED) is 0.0339. The van der Waals surface area contributed by atoms with Gasteiger partial charge in [0.2, 0.25) is 0 Å². The molecule has 0 aliphatic carbocycles. The Kier molecular flexibility index (Phi) is 29.4. The van der Waals surface area contributed by atoms with Crippen LogP contribution >= 0.6 is 0 Å². The lowest BCUT2D eigenvalue weighted by Crippen LogP contribution is -2.19. The van der Waals surface area contributed by atoms with Crippen LogP contribution in [0.4, 0.5) is 22.7 Å². The Hall–Kier alpha value is -9.74. The van der Waals surface area contributed by atoms with Gasteiger partial charge in [0.25, 0.3) is 0 Å². The van der Waals surface area contributed by atoms with Crippen molar-refractivity contribution in [3.63, 3.8) is 0 Å². The van der Waals surface area contributed by atoms with E-state index in [4.69, 9.17) is 0 Å². The molecule has 0 radical (unpaired) electrons.